The molecule has 2 unspecified atom stereocenters. The number of hydrogen-bond donors (Lipinski definition) is 3. The number of esters is 1. The molecule has 3 amide bonds. The van der Waals surface area contributed by atoms with Gasteiger partial charge in [-0.3, -0.25) is 24.1 Å². The number of alkyl halides is 1. The number of benzene rings is 2. The van der Waals surface area contributed by atoms with Gasteiger partial charge in [0.1, 0.15) is 30.5 Å². The Morgan fingerprint density at radius 3 is 2.46 bits per heavy atom. The average molecular weight is 540 g/mol. The molecule has 208 valence electrons. The summed E-state index contributed by atoms with van der Waals surface area (Å²) in [5, 5.41) is 15.6. The zero-order valence-electron chi connectivity index (χ0n) is 22.3. The van der Waals surface area contributed by atoms with Crippen LogP contribution in [0.1, 0.15) is 55.1 Å². The Kier molecular flexibility index (Phi) is 8.34. The third-order valence-electron chi connectivity index (χ3n) is 6.81. The lowest BCUT2D eigenvalue weighted by atomic mass is 10.0. The van der Waals surface area contributed by atoms with Crippen LogP contribution in [0.3, 0.4) is 0 Å². The summed E-state index contributed by atoms with van der Waals surface area (Å²) < 4.78 is 18.7. The van der Waals surface area contributed by atoms with E-state index in [1.807, 2.05) is 18.2 Å². The normalized spacial score (nSPS) is 19.9. The molecule has 10 heteroatoms. The maximum absolute atomic E-state index is 13.8. The number of hydrogen-bond acceptors (Lipinski definition) is 6. The molecule has 4 atom stereocenters. The number of anilines is 1. The molecule has 2 heterocycles. The van der Waals surface area contributed by atoms with Gasteiger partial charge in [0, 0.05) is 12.0 Å². The van der Waals surface area contributed by atoms with Crippen molar-refractivity contribution in [1.82, 2.24) is 10.6 Å². The fourth-order valence-corrected chi connectivity index (χ4v) is 5.04. The number of nitrogens with one attached hydrogen (secondary N) is 2. The minimum atomic E-state index is -1.64. The molecule has 0 radical (unpaired) electrons. The van der Waals surface area contributed by atoms with Crippen LogP contribution in [0, 0.1) is 0 Å². The lowest BCUT2D eigenvalue weighted by molar-refractivity contribution is -0.156. The van der Waals surface area contributed by atoms with E-state index in [-0.39, 0.29) is 6.42 Å². The van der Waals surface area contributed by atoms with Crippen molar-refractivity contribution in [2.75, 3.05) is 11.6 Å². The number of ether oxygens (including phenoxy) is 1. The van der Waals surface area contributed by atoms with E-state index in [1.165, 1.54) is 4.90 Å². The highest BCUT2D eigenvalue weighted by molar-refractivity contribution is 6.08. The third-order valence-corrected chi connectivity index (χ3v) is 6.81. The monoisotopic (exact) mass is 539 g/mol. The first kappa shape index (κ1) is 28.2. The van der Waals surface area contributed by atoms with Crippen molar-refractivity contribution < 1.29 is 33.4 Å². The van der Waals surface area contributed by atoms with Gasteiger partial charge < -0.3 is 20.5 Å². The molecule has 0 saturated carbocycles. The number of aliphatic hydroxyl groups excluding tert-OH is 1. The van der Waals surface area contributed by atoms with Gasteiger partial charge in [0.15, 0.2) is 0 Å². The molecule has 0 bridgehead atoms. The molecule has 0 saturated heterocycles. The summed E-state index contributed by atoms with van der Waals surface area (Å²) in [6.07, 6.45) is -1.02. The minimum Gasteiger partial charge on any atom is -0.460 e. The molecule has 4 rings (SSSR count). The highest BCUT2D eigenvalue weighted by Gasteiger charge is 2.44. The molecule has 9 nitrogen and oxygen atoms in total. The SMILES string of the molecule is CC(C)(C)OC(=O)CC(NC(=O)[C@@H]1Cc2cccc3c2N1C(=O)[C@@H](NC(=O)c1ccccc1)CC3)C(O)CF. The summed E-state index contributed by atoms with van der Waals surface area (Å²) in [7, 11) is 0. The van der Waals surface area contributed by atoms with E-state index in [9.17, 15) is 28.7 Å². The fraction of sp³-hybridized carbons (Fsp3) is 0.448. The second-order valence-corrected chi connectivity index (χ2v) is 10.9. The van der Waals surface area contributed by atoms with Crippen molar-refractivity contribution in [3.05, 3.63) is 65.2 Å². The molecule has 0 spiro atoms. The van der Waals surface area contributed by atoms with Crippen LogP contribution in [0.5, 0.6) is 0 Å². The fourth-order valence-electron chi connectivity index (χ4n) is 5.04. The second kappa shape index (κ2) is 11.5. The summed E-state index contributed by atoms with van der Waals surface area (Å²) in [5.74, 6) is -2.17. The van der Waals surface area contributed by atoms with Crippen LogP contribution in [0.15, 0.2) is 48.5 Å². The number of para-hydroxylation sites is 1. The quantitative estimate of drug-likeness (QED) is 0.442. The minimum absolute atomic E-state index is 0.199. The van der Waals surface area contributed by atoms with Gasteiger partial charge in [-0.2, -0.15) is 0 Å². The first-order chi connectivity index (χ1) is 18.5. The predicted octanol–water partition coefficient (Wildman–Crippen LogP) is 2.24. The first-order valence-electron chi connectivity index (χ1n) is 13.0. The Hall–Kier alpha value is -3.79. The first-order valence-corrected chi connectivity index (χ1v) is 13.0. The van der Waals surface area contributed by atoms with Gasteiger partial charge in [-0.15, -0.1) is 0 Å². The van der Waals surface area contributed by atoms with Crippen molar-refractivity contribution in [3.63, 3.8) is 0 Å². The maximum Gasteiger partial charge on any atom is 0.308 e. The summed E-state index contributed by atoms with van der Waals surface area (Å²) in [6, 6.07) is 11.0. The van der Waals surface area contributed by atoms with Crippen molar-refractivity contribution in [2.24, 2.45) is 0 Å². The van der Waals surface area contributed by atoms with Gasteiger partial charge >= 0.3 is 5.97 Å². The van der Waals surface area contributed by atoms with Crippen LogP contribution in [0.2, 0.25) is 0 Å². The number of halogens is 1. The van der Waals surface area contributed by atoms with Crippen LogP contribution in [0.25, 0.3) is 0 Å². The highest BCUT2D eigenvalue weighted by atomic mass is 19.1. The van der Waals surface area contributed by atoms with Crippen molar-refractivity contribution in [2.45, 2.75) is 76.3 Å². The van der Waals surface area contributed by atoms with Crippen molar-refractivity contribution in [1.29, 1.82) is 0 Å². The zero-order valence-corrected chi connectivity index (χ0v) is 22.3. The molecular formula is C29H34FN3O6. The molecule has 2 aliphatic rings. The number of rotatable bonds is 8. The smallest absolute Gasteiger partial charge is 0.308 e. The summed E-state index contributed by atoms with van der Waals surface area (Å²) in [5.41, 5.74) is 1.92. The molecule has 3 N–H and O–H groups in total. The summed E-state index contributed by atoms with van der Waals surface area (Å²) in [4.78, 5) is 54.0. The largest absolute Gasteiger partial charge is 0.460 e. The van der Waals surface area contributed by atoms with E-state index in [0.717, 1.165) is 11.1 Å². The summed E-state index contributed by atoms with van der Waals surface area (Å²) in [6.45, 7) is 3.85. The maximum atomic E-state index is 13.8. The molecule has 2 aromatic carbocycles. The highest BCUT2D eigenvalue weighted by Crippen LogP contribution is 2.39. The molecular weight excluding hydrogens is 505 g/mol. The van der Waals surface area contributed by atoms with Crippen LogP contribution < -0.4 is 15.5 Å². The number of aliphatic hydroxyl groups is 1. The number of amides is 3. The molecule has 0 aromatic heterocycles. The second-order valence-electron chi connectivity index (χ2n) is 10.9. The molecule has 0 aliphatic carbocycles. The summed E-state index contributed by atoms with van der Waals surface area (Å²) >= 11 is 0. The molecule has 2 aliphatic heterocycles. The number of aryl methyl sites for hydroxylation is 1. The van der Waals surface area contributed by atoms with E-state index in [4.69, 9.17) is 4.74 Å². The Labute approximate surface area is 226 Å². The van der Waals surface area contributed by atoms with Gasteiger partial charge in [-0.25, -0.2) is 4.39 Å². The average Bonchev–Trinajstić information content (AvgIpc) is 3.23. The van der Waals surface area contributed by atoms with Gasteiger partial charge in [0.05, 0.1) is 18.2 Å². The van der Waals surface area contributed by atoms with Crippen molar-refractivity contribution in [3.8, 4) is 0 Å². The zero-order chi connectivity index (χ0) is 28.3. The lowest BCUT2D eigenvalue weighted by Crippen LogP contribution is -2.57. The van der Waals surface area contributed by atoms with E-state index >= 15 is 0 Å². The lowest BCUT2D eigenvalue weighted by Gasteiger charge is -2.30. The van der Waals surface area contributed by atoms with Gasteiger partial charge in [-0.1, -0.05) is 36.4 Å². The Balaban J connectivity index is 1.57. The van der Waals surface area contributed by atoms with Crippen LogP contribution in [-0.4, -0.2) is 65.3 Å². The van der Waals surface area contributed by atoms with Crippen LogP contribution in [0.4, 0.5) is 10.1 Å². The third kappa shape index (κ3) is 6.44. The Morgan fingerprint density at radius 2 is 1.79 bits per heavy atom. The topological polar surface area (TPSA) is 125 Å². The van der Waals surface area contributed by atoms with Crippen LogP contribution >= 0.6 is 0 Å². The van der Waals surface area contributed by atoms with Crippen LogP contribution in [-0.2, 0) is 32.0 Å². The standard InChI is InChI=1S/C29H34FN3O6/c1-29(2,3)39-24(35)15-21(23(34)16-30)32-27(37)22-14-19-11-7-10-17-12-13-20(28(38)33(22)25(17)19)31-26(36)18-8-5-4-6-9-18/h4-11,20-23,34H,12-16H2,1-3H3,(H,31,36)(H,32,37)/t20-,21?,22-,23?/m0/s1. The molecule has 0 fully saturated rings. The van der Waals surface area contributed by atoms with E-state index in [1.54, 1.807) is 51.1 Å². The van der Waals surface area contributed by atoms with E-state index in [0.29, 0.717) is 24.1 Å². The van der Waals surface area contributed by atoms with Gasteiger partial charge in [0.25, 0.3) is 5.91 Å². The molecule has 39 heavy (non-hydrogen) atoms. The number of carbonyl (C=O) groups excluding carboxylic acids is 4. The van der Waals surface area contributed by atoms with Crippen molar-refractivity contribution >= 4 is 29.4 Å². The van der Waals surface area contributed by atoms with E-state index < -0.39 is 66.6 Å². The molecule has 2 aromatic rings. The van der Waals surface area contributed by atoms with Gasteiger partial charge in [-0.05, 0) is 56.9 Å². The number of nitrogens with zero attached hydrogens (tertiary/aromatic N) is 1. The number of carbonyl (C=O) groups is 4. The predicted molar refractivity (Wildman–Crippen MR) is 142 cm³/mol. The van der Waals surface area contributed by atoms with E-state index in [2.05, 4.69) is 10.6 Å². The van der Waals surface area contributed by atoms with Gasteiger partial charge in [0.2, 0.25) is 11.8 Å². The Morgan fingerprint density at radius 1 is 1.10 bits per heavy atom. The Bertz CT molecular complexity index is 1250.